The predicted molar refractivity (Wildman–Crippen MR) is 173 cm³/mol. The summed E-state index contributed by atoms with van der Waals surface area (Å²) >= 11 is 0. The van der Waals surface area contributed by atoms with Crippen molar-refractivity contribution in [2.24, 2.45) is 30.4 Å². The lowest BCUT2D eigenvalue weighted by Gasteiger charge is -2.27. The van der Waals surface area contributed by atoms with Gasteiger partial charge in [-0.3, -0.25) is 9.59 Å². The van der Waals surface area contributed by atoms with Crippen LogP contribution in [0, 0.1) is 11.8 Å². The molecule has 2 aromatic carbocycles. The van der Waals surface area contributed by atoms with Gasteiger partial charge in [0.15, 0.2) is 5.82 Å². The maximum absolute atomic E-state index is 13.7. The molecule has 2 amide bonds. The summed E-state index contributed by atoms with van der Waals surface area (Å²) in [5.41, 5.74) is 18.5. The highest BCUT2D eigenvalue weighted by Crippen LogP contribution is 2.40. The monoisotopic (exact) mass is 603 g/mol. The lowest BCUT2D eigenvalue weighted by atomic mass is 10.1. The van der Waals surface area contributed by atoms with Crippen molar-refractivity contribution in [2.75, 3.05) is 13.7 Å². The molecule has 0 spiro atoms. The van der Waals surface area contributed by atoms with Crippen molar-refractivity contribution in [3.05, 3.63) is 65.7 Å². The van der Waals surface area contributed by atoms with Crippen LogP contribution in [0.2, 0.25) is 0 Å². The van der Waals surface area contributed by atoms with Crippen LogP contribution in [0.1, 0.15) is 41.6 Å². The van der Waals surface area contributed by atoms with Crippen molar-refractivity contribution >= 4 is 33.9 Å². The first-order valence-electron chi connectivity index (χ1n) is 15.8. The molecule has 1 aliphatic heterocycles. The summed E-state index contributed by atoms with van der Waals surface area (Å²) < 4.78 is 10.2. The van der Waals surface area contributed by atoms with Crippen LogP contribution in [0.3, 0.4) is 0 Å². The zero-order valence-corrected chi connectivity index (χ0v) is 25.6. The molecule has 10 heteroatoms. The normalized spacial score (nSPS) is 20.9. The maximum atomic E-state index is 13.7. The van der Waals surface area contributed by atoms with E-state index in [4.69, 9.17) is 26.2 Å². The van der Waals surface area contributed by atoms with Gasteiger partial charge in [-0.2, -0.15) is 0 Å². The number of primary amides is 1. The van der Waals surface area contributed by atoms with Crippen LogP contribution in [-0.2, 0) is 24.8 Å². The molecule has 2 saturated carbocycles. The number of fused-ring (bicyclic) bond motifs is 4. The third-order valence-corrected chi connectivity index (χ3v) is 10.1. The van der Waals surface area contributed by atoms with Gasteiger partial charge in [-0.25, -0.2) is 9.97 Å². The molecule has 3 aromatic heterocycles. The van der Waals surface area contributed by atoms with Crippen molar-refractivity contribution in [3.8, 4) is 28.5 Å². The Morgan fingerprint density at radius 1 is 1.00 bits per heavy atom. The molecule has 1 saturated heterocycles. The molecule has 8 rings (SSSR count). The second kappa shape index (κ2) is 10.4. The van der Waals surface area contributed by atoms with Gasteiger partial charge in [0, 0.05) is 48.7 Å². The average molecular weight is 604 g/mol. The van der Waals surface area contributed by atoms with Gasteiger partial charge < -0.3 is 30.2 Å². The molecule has 0 radical (unpaired) electrons. The Morgan fingerprint density at radius 3 is 2.47 bits per heavy atom. The summed E-state index contributed by atoms with van der Waals surface area (Å²) in [6.45, 7) is 1.57. The molecule has 0 unspecified atom stereocenters. The molecule has 3 aliphatic rings. The number of carbonyl (C=O) groups excluding carboxylic acids is 2. The van der Waals surface area contributed by atoms with Crippen LogP contribution in [-0.4, -0.2) is 61.6 Å². The number of piperidine rings is 1. The van der Waals surface area contributed by atoms with Crippen molar-refractivity contribution in [2.45, 2.75) is 50.7 Å². The summed E-state index contributed by atoms with van der Waals surface area (Å²) in [7, 11) is 3.64. The Kier molecular flexibility index (Phi) is 6.46. The van der Waals surface area contributed by atoms with Crippen LogP contribution in [0.15, 0.2) is 54.6 Å². The summed E-state index contributed by atoms with van der Waals surface area (Å²) in [6, 6.07) is 18.0. The number of benzene rings is 2. The van der Waals surface area contributed by atoms with Crippen LogP contribution in [0.4, 0.5) is 0 Å². The molecule has 10 nitrogen and oxygen atoms in total. The largest absolute Gasteiger partial charge is 0.494 e. The van der Waals surface area contributed by atoms with E-state index < -0.39 is 0 Å². The van der Waals surface area contributed by atoms with Crippen LogP contribution in [0.25, 0.3) is 44.8 Å². The van der Waals surface area contributed by atoms with Crippen LogP contribution in [0.5, 0.6) is 5.75 Å². The number of imidazole rings is 1. The molecule has 2 aliphatic carbocycles. The highest BCUT2D eigenvalue weighted by Gasteiger charge is 2.47. The fourth-order valence-electron chi connectivity index (χ4n) is 7.48. The van der Waals surface area contributed by atoms with Crippen molar-refractivity contribution < 1.29 is 14.3 Å². The topological polar surface area (TPSA) is 134 Å². The number of methoxy groups -OCH3 is 1. The van der Waals surface area contributed by atoms with E-state index in [0.717, 1.165) is 69.8 Å². The number of carbonyl (C=O) groups is 2. The van der Waals surface area contributed by atoms with Gasteiger partial charge in [-0.15, -0.1) is 0 Å². The molecule has 3 fully saturated rings. The molecular weight excluding hydrogens is 566 g/mol. The summed E-state index contributed by atoms with van der Waals surface area (Å²) in [6.07, 6.45) is 4.67. The Labute approximate surface area is 261 Å². The number of likely N-dealkylation sites (tertiary alicyclic amines) is 1. The van der Waals surface area contributed by atoms with Gasteiger partial charge in [0.2, 0.25) is 5.91 Å². The molecule has 4 heterocycles. The number of rotatable bonds is 8. The number of hydrogen-bond donors (Lipinski definition) is 2. The standard InChI is InChI=1S/C35H37N7O3/c1-40-32-26(14-24(16-29(32)45-2)35(44)42-18-23-10-12-27(42)31(23)37)39-34(40)28-15-22-9-11-25(38-33(22)41(28)17-20-3-4-20)21-7-5-19(6-8-21)13-30(36)43/h5-9,11,14-16,20,23,27,31H,3-4,10,12-13,17-18,37H2,1-2H3,(H2,36,43)/t23-,27-,31-/m1/s1. The van der Waals surface area contributed by atoms with Crippen molar-refractivity contribution in [1.82, 2.24) is 24.0 Å². The molecule has 230 valence electrons. The highest BCUT2D eigenvalue weighted by atomic mass is 16.5. The van der Waals surface area contributed by atoms with E-state index in [1.54, 1.807) is 7.11 Å². The summed E-state index contributed by atoms with van der Waals surface area (Å²) in [5, 5.41) is 1.04. The maximum Gasteiger partial charge on any atom is 0.254 e. The summed E-state index contributed by atoms with van der Waals surface area (Å²) in [5.74, 6) is 2.05. The Hall–Kier alpha value is -4.70. The first-order chi connectivity index (χ1) is 21.8. The smallest absolute Gasteiger partial charge is 0.254 e. The van der Waals surface area contributed by atoms with Gasteiger partial charge in [0.05, 0.1) is 30.4 Å². The summed E-state index contributed by atoms with van der Waals surface area (Å²) in [4.78, 5) is 37.3. The Balaban J connectivity index is 1.20. The van der Waals surface area contributed by atoms with Crippen molar-refractivity contribution in [1.29, 1.82) is 0 Å². The lowest BCUT2D eigenvalue weighted by Crippen LogP contribution is -2.41. The zero-order valence-electron chi connectivity index (χ0n) is 25.6. The molecule has 4 N–H and O–H groups in total. The number of pyridine rings is 1. The zero-order chi connectivity index (χ0) is 31.0. The Bertz CT molecular complexity index is 1990. The minimum absolute atomic E-state index is 0.00714. The average Bonchev–Trinajstić information content (AvgIpc) is 3.44. The second-order valence-electron chi connectivity index (χ2n) is 13.0. The van der Waals surface area contributed by atoms with Gasteiger partial charge in [-0.05, 0) is 73.4 Å². The first-order valence-corrected chi connectivity index (χ1v) is 15.8. The van der Waals surface area contributed by atoms with E-state index in [0.29, 0.717) is 29.7 Å². The second-order valence-corrected chi connectivity index (χ2v) is 13.0. The fraction of sp³-hybridized carbons (Fsp3) is 0.371. The van der Waals surface area contributed by atoms with Gasteiger partial charge in [-0.1, -0.05) is 24.3 Å². The fourth-order valence-corrected chi connectivity index (χ4v) is 7.48. The first kappa shape index (κ1) is 27.8. The van der Waals surface area contributed by atoms with Gasteiger partial charge in [0.1, 0.15) is 16.9 Å². The van der Waals surface area contributed by atoms with E-state index in [1.165, 1.54) is 12.8 Å². The minimum Gasteiger partial charge on any atom is -0.494 e. The van der Waals surface area contributed by atoms with Crippen LogP contribution >= 0.6 is 0 Å². The molecule has 2 bridgehead atoms. The predicted octanol–water partition coefficient (Wildman–Crippen LogP) is 4.27. The quantitative estimate of drug-likeness (QED) is 0.272. The van der Waals surface area contributed by atoms with E-state index in [9.17, 15) is 9.59 Å². The number of aromatic nitrogens is 4. The molecular formula is C35H37N7O3. The van der Waals surface area contributed by atoms with E-state index in [-0.39, 0.29) is 30.3 Å². The number of hydrogen-bond acceptors (Lipinski definition) is 6. The van der Waals surface area contributed by atoms with Gasteiger partial charge in [0.25, 0.3) is 5.91 Å². The number of amides is 2. The van der Waals surface area contributed by atoms with Gasteiger partial charge >= 0.3 is 0 Å². The third-order valence-electron chi connectivity index (χ3n) is 10.1. The number of nitrogens with zero attached hydrogens (tertiary/aromatic N) is 5. The number of ether oxygens (including phenoxy) is 1. The number of aryl methyl sites for hydroxylation is 1. The number of nitrogens with two attached hydrogens (primary N) is 2. The lowest BCUT2D eigenvalue weighted by molar-refractivity contribution is -0.117. The SMILES string of the molecule is COc1cc(C(=O)N2C[C@H]3CC[C@@H]2[C@@H]3N)cc2nc(-c3cc4ccc(-c5ccc(CC(N)=O)cc5)nc4n3CC3CC3)n(C)c12. The third kappa shape index (κ3) is 4.66. The van der Waals surface area contributed by atoms with E-state index in [2.05, 4.69) is 21.3 Å². The van der Waals surface area contributed by atoms with Crippen LogP contribution < -0.4 is 16.2 Å². The highest BCUT2D eigenvalue weighted by molar-refractivity contribution is 6.00. The minimum atomic E-state index is -0.349. The Morgan fingerprint density at radius 2 is 1.80 bits per heavy atom. The van der Waals surface area contributed by atoms with Crippen molar-refractivity contribution in [3.63, 3.8) is 0 Å². The van der Waals surface area contributed by atoms with E-state index >= 15 is 0 Å². The van der Waals surface area contributed by atoms with E-state index in [1.807, 2.05) is 54.4 Å². The molecule has 3 atom stereocenters. The molecule has 5 aromatic rings. The molecule has 45 heavy (non-hydrogen) atoms.